The van der Waals surface area contributed by atoms with E-state index in [9.17, 15) is 20.1 Å². The number of aliphatic hydroxyl groups is 3. The molecule has 3 atom stereocenters. The highest BCUT2D eigenvalue weighted by atomic mass is 16.3. The van der Waals surface area contributed by atoms with Crippen LogP contribution in [0.15, 0.2) is 60.8 Å². The van der Waals surface area contributed by atoms with Gasteiger partial charge in [-0.25, -0.2) is 0 Å². The number of allylic oxidation sites excluding steroid dienone is 9. The van der Waals surface area contributed by atoms with Gasteiger partial charge >= 0.3 is 0 Å². The van der Waals surface area contributed by atoms with Crippen molar-refractivity contribution >= 4 is 5.91 Å². The van der Waals surface area contributed by atoms with Crippen LogP contribution < -0.4 is 5.32 Å². The van der Waals surface area contributed by atoms with Crippen LogP contribution in [0.1, 0.15) is 309 Å². The molecular weight excluding hydrogens is 835 g/mol. The lowest BCUT2D eigenvalue weighted by atomic mass is 10.0. The minimum Gasteiger partial charge on any atom is -0.394 e. The quantitative estimate of drug-likeness (QED) is 0.0361. The monoisotopic (exact) mass is 952 g/mol. The smallest absolute Gasteiger partial charge is 0.222 e. The van der Waals surface area contributed by atoms with Crippen molar-refractivity contribution in [2.75, 3.05) is 6.61 Å². The SMILES string of the molecule is CCCCCCCCCC/C=C/CC/C=C/CC/C=C/C(O)C(CO)NC(=O)CC(O)CCCCCCCCCCCCCCCCC/C=C\C/C=C\CCCCCCCCCCCCCCC. The standard InChI is InChI=1S/C63H117NO4/c1-3-5-7-9-11-13-15-17-19-21-23-24-25-26-27-28-29-30-31-32-33-34-35-36-37-38-39-40-42-44-46-48-50-52-54-56-60(66)58-63(68)64-61(59-65)62(67)57-55-53-51-49-47-45-43-41-22-20-18-16-14-12-10-8-6-4-2/h22,27-28,30-31,41,47,49,55,57,60-62,65-67H,3-21,23-26,29,32-40,42-46,48,50-54,56,58-59H2,1-2H3,(H,64,68)/b28-27-,31-30-,41-22+,49-47+,57-55+. The molecule has 5 heteroatoms. The molecule has 0 aromatic rings. The van der Waals surface area contributed by atoms with Gasteiger partial charge in [0.15, 0.2) is 0 Å². The summed E-state index contributed by atoms with van der Waals surface area (Å²) in [5.41, 5.74) is 0. The average molecular weight is 953 g/mol. The molecule has 398 valence electrons. The van der Waals surface area contributed by atoms with Gasteiger partial charge in [-0.1, -0.05) is 286 Å². The van der Waals surface area contributed by atoms with E-state index in [0.29, 0.717) is 6.42 Å². The maximum Gasteiger partial charge on any atom is 0.222 e. The fourth-order valence-corrected chi connectivity index (χ4v) is 9.17. The van der Waals surface area contributed by atoms with Crippen LogP contribution in [0.2, 0.25) is 0 Å². The number of nitrogens with one attached hydrogen (secondary N) is 1. The highest BCUT2D eigenvalue weighted by Crippen LogP contribution is 2.17. The molecule has 4 N–H and O–H groups in total. The largest absolute Gasteiger partial charge is 0.394 e. The van der Waals surface area contributed by atoms with Gasteiger partial charge in [0.25, 0.3) is 0 Å². The molecule has 0 aliphatic rings. The van der Waals surface area contributed by atoms with Gasteiger partial charge in [-0.3, -0.25) is 4.79 Å². The molecule has 0 saturated heterocycles. The number of unbranched alkanes of at least 4 members (excludes halogenated alkanes) is 38. The van der Waals surface area contributed by atoms with Crippen molar-refractivity contribution < 1.29 is 20.1 Å². The summed E-state index contributed by atoms with van der Waals surface area (Å²) >= 11 is 0. The summed E-state index contributed by atoms with van der Waals surface area (Å²) in [5.74, 6) is -0.328. The Balaban J connectivity index is 3.56. The summed E-state index contributed by atoms with van der Waals surface area (Å²) in [6, 6.07) is -0.770. The molecular formula is C63H117NO4. The van der Waals surface area contributed by atoms with Gasteiger partial charge in [0.1, 0.15) is 0 Å². The van der Waals surface area contributed by atoms with E-state index >= 15 is 0 Å². The zero-order valence-corrected chi connectivity index (χ0v) is 45.5. The molecule has 3 unspecified atom stereocenters. The molecule has 0 heterocycles. The van der Waals surface area contributed by atoms with E-state index in [2.05, 4.69) is 67.8 Å². The van der Waals surface area contributed by atoms with Gasteiger partial charge in [0, 0.05) is 0 Å². The fraction of sp³-hybridized carbons (Fsp3) is 0.825. The topological polar surface area (TPSA) is 89.8 Å². The minimum absolute atomic E-state index is 0.00154. The van der Waals surface area contributed by atoms with E-state index in [4.69, 9.17) is 0 Å². The lowest BCUT2D eigenvalue weighted by Crippen LogP contribution is -2.45. The van der Waals surface area contributed by atoms with E-state index in [-0.39, 0.29) is 18.9 Å². The van der Waals surface area contributed by atoms with Crippen LogP contribution in [0.3, 0.4) is 0 Å². The molecule has 68 heavy (non-hydrogen) atoms. The van der Waals surface area contributed by atoms with E-state index in [1.54, 1.807) is 6.08 Å². The molecule has 0 aliphatic carbocycles. The van der Waals surface area contributed by atoms with Crippen LogP contribution in [-0.4, -0.2) is 46.1 Å². The van der Waals surface area contributed by atoms with Crippen LogP contribution in [-0.2, 0) is 4.79 Å². The number of aliphatic hydroxyl groups excluding tert-OH is 3. The second-order valence-electron chi connectivity index (χ2n) is 20.6. The number of hydrogen-bond donors (Lipinski definition) is 4. The lowest BCUT2D eigenvalue weighted by molar-refractivity contribution is -0.124. The van der Waals surface area contributed by atoms with Crippen molar-refractivity contribution in [3.63, 3.8) is 0 Å². The molecule has 0 radical (unpaired) electrons. The first-order chi connectivity index (χ1) is 33.5. The number of amides is 1. The third-order valence-corrected chi connectivity index (χ3v) is 13.8. The lowest BCUT2D eigenvalue weighted by Gasteiger charge is -2.21. The minimum atomic E-state index is -0.962. The van der Waals surface area contributed by atoms with Crippen molar-refractivity contribution in [1.29, 1.82) is 0 Å². The number of rotatable bonds is 55. The Morgan fingerprint density at radius 3 is 1.03 bits per heavy atom. The number of carbonyl (C=O) groups is 1. The average Bonchev–Trinajstić information content (AvgIpc) is 3.33. The molecule has 0 aliphatic heterocycles. The fourth-order valence-electron chi connectivity index (χ4n) is 9.17. The van der Waals surface area contributed by atoms with Gasteiger partial charge < -0.3 is 20.6 Å². The Morgan fingerprint density at radius 2 is 0.676 bits per heavy atom. The molecule has 0 aromatic carbocycles. The third-order valence-electron chi connectivity index (χ3n) is 13.8. The van der Waals surface area contributed by atoms with Crippen molar-refractivity contribution in [3.05, 3.63) is 60.8 Å². The predicted molar refractivity (Wildman–Crippen MR) is 300 cm³/mol. The van der Waals surface area contributed by atoms with Crippen molar-refractivity contribution in [3.8, 4) is 0 Å². The van der Waals surface area contributed by atoms with Crippen molar-refractivity contribution in [1.82, 2.24) is 5.32 Å². The highest BCUT2D eigenvalue weighted by Gasteiger charge is 2.20. The first-order valence-corrected chi connectivity index (χ1v) is 30.1. The Kier molecular flexibility index (Phi) is 56.0. The Hall–Kier alpha value is -1.95. The zero-order valence-electron chi connectivity index (χ0n) is 45.5. The Morgan fingerprint density at radius 1 is 0.382 bits per heavy atom. The first-order valence-electron chi connectivity index (χ1n) is 30.1. The summed E-state index contributed by atoms with van der Waals surface area (Å²) in [6.45, 7) is 4.22. The van der Waals surface area contributed by atoms with Crippen LogP contribution in [0.4, 0.5) is 0 Å². The van der Waals surface area contributed by atoms with Gasteiger partial charge in [0.2, 0.25) is 5.91 Å². The molecule has 0 spiro atoms. The second-order valence-corrected chi connectivity index (χ2v) is 20.6. The van der Waals surface area contributed by atoms with Crippen LogP contribution in [0, 0.1) is 0 Å². The van der Waals surface area contributed by atoms with Crippen LogP contribution in [0.25, 0.3) is 0 Å². The number of carbonyl (C=O) groups excluding carboxylic acids is 1. The maximum atomic E-state index is 12.5. The Bertz CT molecular complexity index is 1140. The van der Waals surface area contributed by atoms with Crippen LogP contribution >= 0.6 is 0 Å². The second kappa shape index (κ2) is 57.6. The number of hydrogen-bond acceptors (Lipinski definition) is 4. The van der Waals surface area contributed by atoms with E-state index in [0.717, 1.165) is 44.9 Å². The molecule has 5 nitrogen and oxygen atoms in total. The molecule has 1 amide bonds. The summed E-state index contributed by atoms with van der Waals surface area (Å²) in [6.07, 6.45) is 78.6. The first kappa shape index (κ1) is 66.0. The molecule has 0 aromatic heterocycles. The zero-order chi connectivity index (χ0) is 49.3. The van der Waals surface area contributed by atoms with E-state index in [1.807, 2.05) is 6.08 Å². The maximum absolute atomic E-state index is 12.5. The van der Waals surface area contributed by atoms with Gasteiger partial charge in [-0.05, 0) is 77.0 Å². The normalized spacial score (nSPS) is 13.7. The molecule has 0 rings (SSSR count). The molecule has 0 fully saturated rings. The third kappa shape index (κ3) is 53.4. The summed E-state index contributed by atoms with van der Waals surface area (Å²) in [7, 11) is 0. The van der Waals surface area contributed by atoms with Gasteiger partial charge in [-0.15, -0.1) is 0 Å². The van der Waals surface area contributed by atoms with Crippen molar-refractivity contribution in [2.45, 2.75) is 327 Å². The van der Waals surface area contributed by atoms with Gasteiger partial charge in [-0.2, -0.15) is 0 Å². The summed E-state index contributed by atoms with van der Waals surface area (Å²) in [5, 5.41) is 33.4. The Labute approximate surface area is 424 Å². The predicted octanol–water partition coefficient (Wildman–Crippen LogP) is 19.0. The van der Waals surface area contributed by atoms with E-state index < -0.39 is 18.2 Å². The summed E-state index contributed by atoms with van der Waals surface area (Å²) in [4.78, 5) is 12.5. The van der Waals surface area contributed by atoms with Gasteiger partial charge in [0.05, 0.1) is 31.3 Å². The van der Waals surface area contributed by atoms with Crippen molar-refractivity contribution in [2.24, 2.45) is 0 Å². The van der Waals surface area contributed by atoms with Crippen LogP contribution in [0.5, 0.6) is 0 Å². The molecule has 0 saturated carbocycles. The molecule has 0 bridgehead atoms. The summed E-state index contributed by atoms with van der Waals surface area (Å²) < 4.78 is 0. The van der Waals surface area contributed by atoms with E-state index in [1.165, 1.54) is 238 Å². The highest BCUT2D eigenvalue weighted by molar-refractivity contribution is 5.76.